The molecule has 0 aliphatic heterocycles. The molecule has 0 radical (unpaired) electrons. The van der Waals surface area contributed by atoms with Crippen molar-refractivity contribution >= 4 is 18.0 Å². The number of carbonyl (C=O) groups is 2. The van der Waals surface area contributed by atoms with Gasteiger partial charge in [0.1, 0.15) is 19.0 Å². The van der Waals surface area contributed by atoms with Crippen molar-refractivity contribution in [1.82, 2.24) is 0 Å². The highest BCUT2D eigenvalue weighted by molar-refractivity contribution is 5.87. The Kier molecular flexibility index (Phi) is 8.18. The van der Waals surface area contributed by atoms with Crippen LogP contribution in [0.5, 0.6) is 0 Å². The first-order valence-corrected chi connectivity index (χ1v) is 10.1. The number of benzene rings is 1. The van der Waals surface area contributed by atoms with E-state index in [4.69, 9.17) is 9.47 Å². The fourth-order valence-corrected chi connectivity index (χ4v) is 3.41. The average molecular weight is 403 g/mol. The van der Waals surface area contributed by atoms with Crippen LogP contribution >= 0.6 is 0 Å². The van der Waals surface area contributed by atoms with Gasteiger partial charge in [-0.1, -0.05) is 44.6 Å². The van der Waals surface area contributed by atoms with Crippen LogP contribution in [0.15, 0.2) is 42.0 Å². The lowest BCUT2D eigenvalue weighted by molar-refractivity contribution is -0.149. The molecule has 0 amide bonds. The first-order valence-electron chi connectivity index (χ1n) is 10.1. The lowest BCUT2D eigenvalue weighted by Gasteiger charge is -2.26. The number of ether oxygens (including phenoxy) is 2. The van der Waals surface area contributed by atoms with E-state index in [1.165, 1.54) is 29.9 Å². The van der Waals surface area contributed by atoms with Gasteiger partial charge in [-0.2, -0.15) is 0 Å². The third-order valence-electron chi connectivity index (χ3n) is 5.33. The summed E-state index contributed by atoms with van der Waals surface area (Å²) in [6.07, 6.45) is 7.38. The summed E-state index contributed by atoms with van der Waals surface area (Å²) in [5, 5.41) is 0. The summed E-state index contributed by atoms with van der Waals surface area (Å²) in [7, 11) is 0. The summed E-state index contributed by atoms with van der Waals surface area (Å²) >= 11 is 0. The van der Waals surface area contributed by atoms with Crippen molar-refractivity contribution in [2.75, 3.05) is 13.2 Å². The summed E-state index contributed by atoms with van der Waals surface area (Å²) in [5.74, 6) is -0.160. The van der Waals surface area contributed by atoms with E-state index in [1.54, 1.807) is 12.1 Å². The van der Waals surface area contributed by atoms with E-state index in [1.807, 2.05) is 0 Å². The zero-order valence-corrected chi connectivity index (χ0v) is 17.7. The number of hydrogen-bond acceptors (Lipinski definition) is 4. The van der Waals surface area contributed by atoms with Crippen molar-refractivity contribution in [2.45, 2.75) is 47.0 Å². The molecule has 0 bridgehead atoms. The maximum Gasteiger partial charge on any atom is 0.330 e. The van der Waals surface area contributed by atoms with Gasteiger partial charge >= 0.3 is 11.9 Å². The van der Waals surface area contributed by atoms with Gasteiger partial charge in [0.2, 0.25) is 0 Å². The number of carbonyl (C=O) groups excluding carboxylic acids is 2. The molecule has 1 aromatic carbocycles. The summed E-state index contributed by atoms with van der Waals surface area (Å²) in [5.41, 5.74) is 2.30. The Labute approximate surface area is 172 Å². The highest BCUT2D eigenvalue weighted by Crippen LogP contribution is 2.42. The van der Waals surface area contributed by atoms with Crippen LogP contribution in [-0.4, -0.2) is 25.2 Å². The van der Waals surface area contributed by atoms with Crippen LogP contribution < -0.4 is 0 Å². The molecule has 0 spiro atoms. The molecule has 4 nitrogen and oxygen atoms in total. The monoisotopic (exact) mass is 402 g/mol. The first-order chi connectivity index (χ1) is 13.6. The van der Waals surface area contributed by atoms with Gasteiger partial charge in [0, 0.05) is 12.5 Å². The van der Waals surface area contributed by atoms with Gasteiger partial charge in [-0.15, -0.1) is 0 Å². The highest BCUT2D eigenvalue weighted by atomic mass is 19.1. The molecule has 5 heteroatoms. The van der Waals surface area contributed by atoms with Crippen molar-refractivity contribution in [2.24, 2.45) is 17.3 Å². The Balaban J connectivity index is 1.61. The van der Waals surface area contributed by atoms with E-state index in [0.717, 1.165) is 12.8 Å². The Morgan fingerprint density at radius 2 is 1.79 bits per heavy atom. The molecule has 0 saturated heterocycles. The first kappa shape index (κ1) is 22.9. The maximum absolute atomic E-state index is 12.8. The van der Waals surface area contributed by atoms with Crippen LogP contribution in [0.1, 0.15) is 52.5 Å². The van der Waals surface area contributed by atoms with Crippen LogP contribution in [-0.2, 0) is 19.1 Å². The standard InChI is InChI=1S/C24H31FO4/c1-17-15-20(24(2,3)4)16-19(17)8-12-23(27)29-14-13-28-22(26)11-7-18-5-9-21(25)10-6-18/h5-7,9-11,15,19-20H,8,12-14,16H2,1-4H3/b11-7+. The fourth-order valence-electron chi connectivity index (χ4n) is 3.41. The number of rotatable bonds is 8. The SMILES string of the molecule is CC1=CC(C(C)(C)C)CC1CCC(=O)OCCOC(=O)/C=C/c1ccc(F)cc1. The van der Waals surface area contributed by atoms with E-state index in [0.29, 0.717) is 23.8 Å². The van der Waals surface area contributed by atoms with Crippen LogP contribution in [0.2, 0.25) is 0 Å². The van der Waals surface area contributed by atoms with Crippen LogP contribution in [0.3, 0.4) is 0 Å². The highest BCUT2D eigenvalue weighted by Gasteiger charge is 2.31. The Bertz CT molecular complexity index is 756. The Hall–Kier alpha value is -2.43. The van der Waals surface area contributed by atoms with Crippen molar-refractivity contribution in [3.05, 3.63) is 53.4 Å². The topological polar surface area (TPSA) is 52.6 Å². The molecule has 1 aliphatic rings. The predicted octanol–water partition coefficient (Wildman–Crippen LogP) is 5.33. The van der Waals surface area contributed by atoms with Gasteiger partial charge in [-0.25, -0.2) is 9.18 Å². The predicted molar refractivity (Wildman–Crippen MR) is 111 cm³/mol. The lowest BCUT2D eigenvalue weighted by atomic mass is 9.79. The molecule has 0 N–H and O–H groups in total. The zero-order valence-electron chi connectivity index (χ0n) is 17.7. The van der Waals surface area contributed by atoms with Crippen LogP contribution in [0.25, 0.3) is 6.08 Å². The van der Waals surface area contributed by atoms with Gasteiger partial charge in [-0.05, 0) is 60.8 Å². The van der Waals surface area contributed by atoms with E-state index in [2.05, 4.69) is 33.8 Å². The second kappa shape index (κ2) is 10.4. The van der Waals surface area contributed by atoms with Gasteiger partial charge in [-0.3, -0.25) is 4.79 Å². The number of halogens is 1. The van der Waals surface area contributed by atoms with Gasteiger partial charge < -0.3 is 9.47 Å². The molecule has 2 atom stereocenters. The zero-order chi connectivity index (χ0) is 21.4. The van der Waals surface area contributed by atoms with E-state index in [9.17, 15) is 14.0 Å². The summed E-state index contributed by atoms with van der Waals surface area (Å²) in [6, 6.07) is 5.75. The minimum Gasteiger partial charge on any atom is -0.462 e. The largest absolute Gasteiger partial charge is 0.462 e. The summed E-state index contributed by atoms with van der Waals surface area (Å²) in [4.78, 5) is 23.6. The number of esters is 2. The molecule has 29 heavy (non-hydrogen) atoms. The van der Waals surface area contributed by atoms with Crippen molar-refractivity contribution in [1.29, 1.82) is 0 Å². The third-order valence-corrected chi connectivity index (χ3v) is 5.33. The summed E-state index contributed by atoms with van der Waals surface area (Å²) in [6.45, 7) is 8.92. The quantitative estimate of drug-likeness (QED) is 0.255. The molecule has 1 aromatic rings. The summed E-state index contributed by atoms with van der Waals surface area (Å²) < 4.78 is 23.0. The van der Waals surface area contributed by atoms with E-state index in [-0.39, 0.29) is 30.4 Å². The molecule has 0 saturated carbocycles. The minimum atomic E-state index is -0.537. The second-order valence-corrected chi connectivity index (χ2v) is 8.63. The lowest BCUT2D eigenvalue weighted by Crippen LogP contribution is -2.18. The molecule has 0 fully saturated rings. The van der Waals surface area contributed by atoms with E-state index < -0.39 is 5.97 Å². The second-order valence-electron chi connectivity index (χ2n) is 8.63. The van der Waals surface area contributed by atoms with Crippen LogP contribution in [0.4, 0.5) is 4.39 Å². The normalized spacial score (nSPS) is 19.3. The molecule has 0 heterocycles. The number of allylic oxidation sites excluding steroid dienone is 2. The molecule has 158 valence electrons. The molecule has 1 aliphatic carbocycles. The molecular weight excluding hydrogens is 371 g/mol. The molecular formula is C24H31FO4. The van der Waals surface area contributed by atoms with Crippen LogP contribution in [0, 0.1) is 23.1 Å². The molecule has 2 unspecified atom stereocenters. The molecule has 0 aromatic heterocycles. The Morgan fingerprint density at radius 1 is 1.14 bits per heavy atom. The van der Waals surface area contributed by atoms with Crippen molar-refractivity contribution in [3.8, 4) is 0 Å². The minimum absolute atomic E-state index is 0.00673. The smallest absolute Gasteiger partial charge is 0.330 e. The van der Waals surface area contributed by atoms with Crippen molar-refractivity contribution in [3.63, 3.8) is 0 Å². The van der Waals surface area contributed by atoms with Gasteiger partial charge in [0.05, 0.1) is 0 Å². The van der Waals surface area contributed by atoms with Gasteiger partial charge in [0.25, 0.3) is 0 Å². The maximum atomic E-state index is 12.8. The molecule has 2 rings (SSSR count). The Morgan fingerprint density at radius 3 is 2.41 bits per heavy atom. The third kappa shape index (κ3) is 7.84. The number of hydrogen-bond donors (Lipinski definition) is 0. The van der Waals surface area contributed by atoms with Crippen molar-refractivity contribution < 1.29 is 23.5 Å². The van der Waals surface area contributed by atoms with E-state index >= 15 is 0 Å². The van der Waals surface area contributed by atoms with Gasteiger partial charge in [0.15, 0.2) is 0 Å². The average Bonchev–Trinajstić information content (AvgIpc) is 3.04. The fraction of sp³-hybridized carbons (Fsp3) is 0.500.